The monoisotopic (exact) mass is 291 g/mol. The van der Waals surface area contributed by atoms with Crippen LogP contribution in [0.5, 0.6) is 0 Å². The fourth-order valence-electron chi connectivity index (χ4n) is 2.12. The Labute approximate surface area is 117 Å². The van der Waals surface area contributed by atoms with Crippen LogP contribution in [0.2, 0.25) is 0 Å². The number of fused-ring (bicyclic) bond motifs is 1. The Bertz CT molecular complexity index is 826. The quantitative estimate of drug-likeness (QED) is 0.723. The SMILES string of the molecule is N#CCc1c(-c2ccco2)nc2ccc(C(F)(F)F)cn12. The fourth-order valence-corrected chi connectivity index (χ4v) is 2.12. The lowest BCUT2D eigenvalue weighted by Crippen LogP contribution is -2.07. The van der Waals surface area contributed by atoms with Gasteiger partial charge in [-0.05, 0) is 24.3 Å². The summed E-state index contributed by atoms with van der Waals surface area (Å²) >= 11 is 0. The maximum absolute atomic E-state index is 12.8. The van der Waals surface area contributed by atoms with Gasteiger partial charge >= 0.3 is 6.18 Å². The maximum atomic E-state index is 12.8. The van der Waals surface area contributed by atoms with Crippen molar-refractivity contribution in [2.75, 3.05) is 0 Å². The van der Waals surface area contributed by atoms with Crippen molar-refractivity contribution in [2.24, 2.45) is 0 Å². The van der Waals surface area contributed by atoms with Gasteiger partial charge in [0.15, 0.2) is 5.76 Å². The zero-order valence-corrected chi connectivity index (χ0v) is 10.6. The predicted octanol–water partition coefficient (Wildman–Crippen LogP) is 3.68. The fraction of sp³-hybridized carbons (Fsp3) is 0.143. The molecule has 0 radical (unpaired) electrons. The second-order valence-corrected chi connectivity index (χ2v) is 4.36. The number of nitrogens with zero attached hydrogens (tertiary/aromatic N) is 3. The van der Waals surface area contributed by atoms with Crippen LogP contribution in [0.25, 0.3) is 17.1 Å². The number of halogens is 3. The summed E-state index contributed by atoms with van der Waals surface area (Å²) in [4.78, 5) is 4.25. The molecule has 0 atom stereocenters. The predicted molar refractivity (Wildman–Crippen MR) is 67.2 cm³/mol. The van der Waals surface area contributed by atoms with Crippen molar-refractivity contribution in [3.63, 3.8) is 0 Å². The average Bonchev–Trinajstić information content (AvgIpc) is 3.05. The smallest absolute Gasteiger partial charge is 0.417 e. The Morgan fingerprint density at radius 2 is 2.10 bits per heavy atom. The zero-order valence-electron chi connectivity index (χ0n) is 10.6. The number of aromatic nitrogens is 2. The zero-order chi connectivity index (χ0) is 15.0. The Balaban J connectivity index is 2.27. The third-order valence-electron chi connectivity index (χ3n) is 3.05. The molecular weight excluding hydrogens is 283 g/mol. The lowest BCUT2D eigenvalue weighted by molar-refractivity contribution is -0.137. The molecule has 0 fully saturated rings. The first-order valence-corrected chi connectivity index (χ1v) is 5.99. The molecule has 3 rings (SSSR count). The van der Waals surface area contributed by atoms with Crippen LogP contribution in [0, 0.1) is 11.3 Å². The van der Waals surface area contributed by atoms with E-state index in [0.29, 0.717) is 22.8 Å². The second kappa shape index (κ2) is 4.66. The number of hydrogen-bond donors (Lipinski definition) is 0. The van der Waals surface area contributed by atoms with Crippen LogP contribution in [0.1, 0.15) is 11.3 Å². The number of furan rings is 1. The molecule has 0 aliphatic carbocycles. The van der Waals surface area contributed by atoms with Crippen LogP contribution < -0.4 is 0 Å². The number of rotatable bonds is 2. The first-order valence-electron chi connectivity index (χ1n) is 5.99. The van der Waals surface area contributed by atoms with Crippen molar-refractivity contribution >= 4 is 5.65 Å². The average molecular weight is 291 g/mol. The van der Waals surface area contributed by atoms with Gasteiger partial charge in [0.2, 0.25) is 0 Å². The lowest BCUT2D eigenvalue weighted by atomic mass is 10.2. The van der Waals surface area contributed by atoms with Gasteiger partial charge < -0.3 is 8.82 Å². The summed E-state index contributed by atoms with van der Waals surface area (Å²) in [6.07, 6.45) is -2.14. The van der Waals surface area contributed by atoms with Crippen LogP contribution in [0.3, 0.4) is 0 Å². The van der Waals surface area contributed by atoms with E-state index in [-0.39, 0.29) is 6.42 Å². The third kappa shape index (κ3) is 2.25. The topological polar surface area (TPSA) is 54.2 Å². The molecular formula is C14H8F3N3O. The minimum Gasteiger partial charge on any atom is -0.463 e. The molecule has 3 aromatic heterocycles. The number of imidazole rings is 1. The van der Waals surface area contributed by atoms with E-state index in [1.54, 1.807) is 12.1 Å². The van der Waals surface area contributed by atoms with Crippen molar-refractivity contribution in [1.82, 2.24) is 9.38 Å². The summed E-state index contributed by atoms with van der Waals surface area (Å²) in [6, 6.07) is 7.47. The number of hydrogen-bond acceptors (Lipinski definition) is 3. The van der Waals surface area contributed by atoms with E-state index < -0.39 is 11.7 Å². The Hall–Kier alpha value is -2.75. The summed E-state index contributed by atoms with van der Waals surface area (Å²) in [6.45, 7) is 0. The summed E-state index contributed by atoms with van der Waals surface area (Å²) in [5.74, 6) is 0.414. The minimum absolute atomic E-state index is 0.0709. The van der Waals surface area contributed by atoms with E-state index >= 15 is 0 Å². The number of nitriles is 1. The van der Waals surface area contributed by atoms with Gasteiger partial charge in [0, 0.05) is 6.20 Å². The Morgan fingerprint density at radius 3 is 2.71 bits per heavy atom. The molecule has 0 aliphatic rings. The highest BCUT2D eigenvalue weighted by molar-refractivity contribution is 5.62. The molecule has 3 aromatic rings. The molecule has 0 unspecified atom stereocenters. The van der Waals surface area contributed by atoms with Gasteiger partial charge in [0.25, 0.3) is 0 Å². The van der Waals surface area contributed by atoms with Crippen LogP contribution in [-0.2, 0) is 12.6 Å². The van der Waals surface area contributed by atoms with Gasteiger partial charge in [-0.3, -0.25) is 0 Å². The van der Waals surface area contributed by atoms with Crippen molar-refractivity contribution in [1.29, 1.82) is 5.26 Å². The first kappa shape index (κ1) is 13.2. The van der Waals surface area contributed by atoms with Crippen LogP contribution >= 0.6 is 0 Å². The molecule has 0 N–H and O–H groups in total. The van der Waals surface area contributed by atoms with Gasteiger partial charge in [0.1, 0.15) is 11.3 Å². The minimum atomic E-state index is -4.45. The largest absolute Gasteiger partial charge is 0.463 e. The van der Waals surface area contributed by atoms with Gasteiger partial charge in [-0.15, -0.1) is 0 Å². The highest BCUT2D eigenvalue weighted by atomic mass is 19.4. The first-order chi connectivity index (χ1) is 10.0. The Morgan fingerprint density at radius 1 is 1.29 bits per heavy atom. The summed E-state index contributed by atoms with van der Waals surface area (Å²) in [5, 5.41) is 8.90. The van der Waals surface area contributed by atoms with Gasteiger partial charge in [-0.25, -0.2) is 4.98 Å². The molecule has 3 heterocycles. The van der Waals surface area contributed by atoms with E-state index in [0.717, 1.165) is 12.3 Å². The van der Waals surface area contributed by atoms with Crippen molar-refractivity contribution in [3.8, 4) is 17.5 Å². The van der Waals surface area contributed by atoms with Crippen LogP contribution in [0.15, 0.2) is 41.1 Å². The maximum Gasteiger partial charge on any atom is 0.417 e. The number of alkyl halides is 3. The third-order valence-corrected chi connectivity index (χ3v) is 3.05. The van der Waals surface area contributed by atoms with Gasteiger partial charge in [-0.2, -0.15) is 18.4 Å². The molecule has 106 valence electrons. The van der Waals surface area contributed by atoms with E-state index in [9.17, 15) is 13.2 Å². The summed E-state index contributed by atoms with van der Waals surface area (Å²) in [7, 11) is 0. The summed E-state index contributed by atoms with van der Waals surface area (Å²) in [5.41, 5.74) is 0.284. The molecule has 0 bridgehead atoms. The normalized spacial score (nSPS) is 11.7. The van der Waals surface area contributed by atoms with E-state index in [1.165, 1.54) is 16.7 Å². The molecule has 0 aliphatic heterocycles. The summed E-state index contributed by atoms with van der Waals surface area (Å²) < 4.78 is 44.9. The van der Waals surface area contributed by atoms with Crippen LogP contribution in [0.4, 0.5) is 13.2 Å². The standard InChI is InChI=1S/C14H8F3N3O/c15-14(16,17)9-3-4-12-19-13(11-2-1-7-21-11)10(5-6-18)20(12)8-9/h1-4,7-8H,5H2. The van der Waals surface area contributed by atoms with Gasteiger partial charge in [0.05, 0.1) is 30.0 Å². The highest BCUT2D eigenvalue weighted by Crippen LogP contribution is 2.31. The van der Waals surface area contributed by atoms with E-state index in [4.69, 9.17) is 9.68 Å². The molecule has 0 aromatic carbocycles. The second-order valence-electron chi connectivity index (χ2n) is 4.36. The van der Waals surface area contributed by atoms with Crippen molar-refractivity contribution in [2.45, 2.75) is 12.6 Å². The van der Waals surface area contributed by atoms with E-state index in [1.807, 2.05) is 6.07 Å². The molecule has 0 saturated carbocycles. The molecule has 0 amide bonds. The van der Waals surface area contributed by atoms with Gasteiger partial charge in [-0.1, -0.05) is 0 Å². The highest BCUT2D eigenvalue weighted by Gasteiger charge is 2.31. The van der Waals surface area contributed by atoms with E-state index in [2.05, 4.69) is 4.98 Å². The van der Waals surface area contributed by atoms with Crippen molar-refractivity contribution in [3.05, 3.63) is 48.0 Å². The lowest BCUT2D eigenvalue weighted by Gasteiger charge is -2.07. The molecule has 21 heavy (non-hydrogen) atoms. The van der Waals surface area contributed by atoms with Crippen molar-refractivity contribution < 1.29 is 17.6 Å². The Kier molecular flexibility index (Phi) is 2.94. The molecule has 0 saturated heterocycles. The van der Waals surface area contributed by atoms with Crippen LogP contribution in [-0.4, -0.2) is 9.38 Å². The number of pyridine rings is 1. The molecule has 4 nitrogen and oxygen atoms in total. The molecule has 7 heteroatoms. The molecule has 0 spiro atoms.